The van der Waals surface area contributed by atoms with Crippen molar-refractivity contribution in [1.29, 1.82) is 0 Å². The Hall–Kier alpha value is -3.53. The first kappa shape index (κ1) is 18.5. The second-order valence-corrected chi connectivity index (χ2v) is 7.65. The fourth-order valence-electron chi connectivity index (χ4n) is 4.01. The van der Waals surface area contributed by atoms with Gasteiger partial charge in [0.05, 0.1) is 23.4 Å². The molecule has 154 valence electrons. The van der Waals surface area contributed by atoms with E-state index >= 15 is 0 Å². The van der Waals surface area contributed by atoms with Crippen molar-refractivity contribution in [3.63, 3.8) is 0 Å². The minimum absolute atomic E-state index is 0.100. The average Bonchev–Trinajstić information content (AvgIpc) is 3.23. The van der Waals surface area contributed by atoms with Gasteiger partial charge in [0, 0.05) is 32.1 Å². The summed E-state index contributed by atoms with van der Waals surface area (Å²) in [6.07, 6.45) is 1.98. The molecule has 1 atom stereocenters. The second kappa shape index (κ2) is 7.06. The monoisotopic (exact) mass is 408 g/mol. The maximum absolute atomic E-state index is 12.9. The van der Waals surface area contributed by atoms with Crippen LogP contribution in [0.1, 0.15) is 45.2 Å². The molecule has 2 aromatic rings. The number of hydrogen-bond donors (Lipinski definition) is 3. The maximum Gasteiger partial charge on any atom is 0.262 e. The Kier molecular flexibility index (Phi) is 4.35. The molecular weight excluding hydrogens is 388 g/mol. The summed E-state index contributed by atoms with van der Waals surface area (Å²) in [7, 11) is 0. The van der Waals surface area contributed by atoms with E-state index in [1.54, 1.807) is 24.4 Å². The predicted octanol–water partition coefficient (Wildman–Crippen LogP) is 0.0407. The standard InChI is InChI=1S/C20H20N6O4/c27-17-4-3-15(18(28)24-17)25-19(29)13-2-1-11(7-14(13)20(25)30)8-22-16-5-6-23-26(16)12-9-21-10-12/h1-2,5-7,12,15,21-22H,3-4,8-10H2,(H,24,27,28). The van der Waals surface area contributed by atoms with E-state index in [-0.39, 0.29) is 24.0 Å². The molecule has 3 aliphatic rings. The highest BCUT2D eigenvalue weighted by Crippen LogP contribution is 2.28. The number of nitrogens with zero attached hydrogens (tertiary/aromatic N) is 3. The molecule has 10 nitrogen and oxygen atoms in total. The van der Waals surface area contributed by atoms with E-state index in [1.165, 1.54) is 0 Å². The first-order chi connectivity index (χ1) is 14.5. The summed E-state index contributed by atoms with van der Waals surface area (Å²) >= 11 is 0. The lowest BCUT2D eigenvalue weighted by Gasteiger charge is -2.29. The highest BCUT2D eigenvalue weighted by molar-refractivity contribution is 6.23. The van der Waals surface area contributed by atoms with Gasteiger partial charge in [0.25, 0.3) is 11.8 Å². The molecule has 2 saturated heterocycles. The molecule has 10 heteroatoms. The number of benzene rings is 1. The molecule has 30 heavy (non-hydrogen) atoms. The Morgan fingerprint density at radius 2 is 1.87 bits per heavy atom. The number of aromatic nitrogens is 2. The normalized spacial score (nSPS) is 21.5. The largest absolute Gasteiger partial charge is 0.366 e. The molecule has 1 unspecified atom stereocenters. The Labute approximate surface area is 171 Å². The summed E-state index contributed by atoms with van der Waals surface area (Å²) in [5.41, 5.74) is 1.39. The molecule has 2 fully saturated rings. The minimum Gasteiger partial charge on any atom is -0.366 e. The van der Waals surface area contributed by atoms with Crippen LogP contribution in [-0.2, 0) is 16.1 Å². The summed E-state index contributed by atoms with van der Waals surface area (Å²) < 4.78 is 1.93. The summed E-state index contributed by atoms with van der Waals surface area (Å²) in [4.78, 5) is 50.2. The maximum atomic E-state index is 12.9. The van der Waals surface area contributed by atoms with Gasteiger partial charge in [-0.3, -0.25) is 29.4 Å². The van der Waals surface area contributed by atoms with Crippen LogP contribution >= 0.6 is 0 Å². The summed E-state index contributed by atoms with van der Waals surface area (Å²) in [6.45, 7) is 2.21. The molecule has 5 rings (SSSR count). The van der Waals surface area contributed by atoms with Gasteiger partial charge in [-0.2, -0.15) is 5.10 Å². The van der Waals surface area contributed by atoms with Gasteiger partial charge in [-0.15, -0.1) is 0 Å². The van der Waals surface area contributed by atoms with Gasteiger partial charge in [0.2, 0.25) is 11.8 Å². The lowest BCUT2D eigenvalue weighted by Crippen LogP contribution is -2.54. The number of anilines is 1. The van der Waals surface area contributed by atoms with Gasteiger partial charge in [-0.05, 0) is 24.1 Å². The Balaban J connectivity index is 1.33. The van der Waals surface area contributed by atoms with Crippen molar-refractivity contribution in [3.05, 3.63) is 47.2 Å². The Morgan fingerprint density at radius 1 is 1.07 bits per heavy atom. The Bertz CT molecular complexity index is 1070. The number of hydrogen-bond acceptors (Lipinski definition) is 7. The Morgan fingerprint density at radius 3 is 2.60 bits per heavy atom. The number of piperidine rings is 1. The van der Waals surface area contributed by atoms with Crippen LogP contribution in [0.5, 0.6) is 0 Å². The van der Waals surface area contributed by atoms with Crippen LogP contribution in [0, 0.1) is 0 Å². The first-order valence-corrected chi connectivity index (χ1v) is 9.85. The summed E-state index contributed by atoms with van der Waals surface area (Å²) in [5.74, 6) is -1.12. The zero-order valence-corrected chi connectivity index (χ0v) is 16.1. The highest BCUT2D eigenvalue weighted by atomic mass is 16.2. The van der Waals surface area contributed by atoms with Crippen molar-refractivity contribution >= 4 is 29.4 Å². The number of carbonyl (C=O) groups excluding carboxylic acids is 4. The number of carbonyl (C=O) groups is 4. The first-order valence-electron chi connectivity index (χ1n) is 9.85. The SMILES string of the molecule is O=C1CCC(N2C(=O)c3ccc(CNc4ccnn4C4CNC4)cc3C2=O)C(=O)N1. The molecular formula is C20H20N6O4. The molecule has 0 saturated carbocycles. The van der Waals surface area contributed by atoms with Crippen LogP contribution in [-0.4, -0.2) is 57.4 Å². The summed E-state index contributed by atoms with van der Waals surface area (Å²) in [5, 5.41) is 13.1. The van der Waals surface area contributed by atoms with E-state index in [9.17, 15) is 19.2 Å². The third-order valence-electron chi connectivity index (χ3n) is 5.75. The molecule has 4 heterocycles. The number of amides is 4. The number of rotatable bonds is 5. The molecule has 3 aliphatic heterocycles. The van der Waals surface area contributed by atoms with Gasteiger partial charge >= 0.3 is 0 Å². The van der Waals surface area contributed by atoms with Crippen molar-refractivity contribution in [3.8, 4) is 0 Å². The number of fused-ring (bicyclic) bond motifs is 1. The predicted molar refractivity (Wildman–Crippen MR) is 105 cm³/mol. The smallest absolute Gasteiger partial charge is 0.262 e. The van der Waals surface area contributed by atoms with E-state index in [1.807, 2.05) is 10.7 Å². The molecule has 1 aromatic heterocycles. The lowest BCUT2D eigenvalue weighted by molar-refractivity contribution is -0.136. The van der Waals surface area contributed by atoms with Crippen LogP contribution in [0.25, 0.3) is 0 Å². The lowest BCUT2D eigenvalue weighted by atomic mass is 10.0. The molecule has 0 spiro atoms. The van der Waals surface area contributed by atoms with E-state index in [4.69, 9.17) is 0 Å². The molecule has 4 amide bonds. The van der Waals surface area contributed by atoms with Crippen LogP contribution in [0.2, 0.25) is 0 Å². The fraction of sp³-hybridized carbons (Fsp3) is 0.350. The van der Waals surface area contributed by atoms with Crippen molar-refractivity contribution in [2.24, 2.45) is 0 Å². The number of nitrogens with one attached hydrogen (secondary N) is 3. The van der Waals surface area contributed by atoms with Crippen LogP contribution in [0.15, 0.2) is 30.5 Å². The van der Waals surface area contributed by atoms with Crippen molar-refractivity contribution in [1.82, 2.24) is 25.3 Å². The van der Waals surface area contributed by atoms with E-state index < -0.39 is 29.7 Å². The summed E-state index contributed by atoms with van der Waals surface area (Å²) in [6, 6.07) is 6.35. The van der Waals surface area contributed by atoms with E-state index in [2.05, 4.69) is 21.0 Å². The third-order valence-corrected chi connectivity index (χ3v) is 5.75. The van der Waals surface area contributed by atoms with Gasteiger partial charge in [0.1, 0.15) is 11.9 Å². The van der Waals surface area contributed by atoms with Crippen LogP contribution in [0.3, 0.4) is 0 Å². The number of imide groups is 2. The van der Waals surface area contributed by atoms with Crippen LogP contribution in [0.4, 0.5) is 5.82 Å². The quantitative estimate of drug-likeness (QED) is 0.597. The molecule has 3 N–H and O–H groups in total. The average molecular weight is 408 g/mol. The van der Waals surface area contributed by atoms with E-state index in [0.29, 0.717) is 12.6 Å². The van der Waals surface area contributed by atoms with Gasteiger partial charge < -0.3 is 10.6 Å². The van der Waals surface area contributed by atoms with Gasteiger partial charge in [-0.1, -0.05) is 6.07 Å². The molecule has 0 aliphatic carbocycles. The topological polar surface area (TPSA) is 125 Å². The molecule has 1 aromatic carbocycles. The third kappa shape index (κ3) is 2.96. The zero-order chi connectivity index (χ0) is 20.8. The molecule has 0 radical (unpaired) electrons. The zero-order valence-electron chi connectivity index (χ0n) is 16.1. The highest BCUT2D eigenvalue weighted by Gasteiger charge is 2.44. The van der Waals surface area contributed by atoms with Crippen molar-refractivity contribution < 1.29 is 19.2 Å². The van der Waals surface area contributed by atoms with Crippen LogP contribution < -0.4 is 16.0 Å². The fourth-order valence-corrected chi connectivity index (χ4v) is 4.01. The van der Waals surface area contributed by atoms with Crippen molar-refractivity contribution in [2.75, 3.05) is 18.4 Å². The van der Waals surface area contributed by atoms with Crippen molar-refractivity contribution in [2.45, 2.75) is 31.5 Å². The molecule has 0 bridgehead atoms. The van der Waals surface area contributed by atoms with Gasteiger partial charge in [0.15, 0.2) is 0 Å². The second-order valence-electron chi connectivity index (χ2n) is 7.65. The van der Waals surface area contributed by atoms with E-state index in [0.717, 1.165) is 29.4 Å². The van der Waals surface area contributed by atoms with Gasteiger partial charge in [-0.25, -0.2) is 4.68 Å². The minimum atomic E-state index is -0.956.